The van der Waals surface area contributed by atoms with Crippen LogP contribution in [0.3, 0.4) is 0 Å². The standard InChI is InChI=1S/C49H36N3OP/c1-54(2,53)40-25-15-21-36(32-40)35-20-13-23-38(30-35)48-50-47(34-18-7-4-8-19-34)51-49(52-48)39-24-14-22-37(31-39)46-43-28-11-9-26-41(43)45(33-16-5-3-6-17-33)42-27-10-12-29-44(42)46/h3-32H,1-2H3. The Balaban J connectivity index is 1.22. The first-order valence-electron chi connectivity index (χ1n) is 18.1. The van der Waals surface area contributed by atoms with E-state index in [4.69, 9.17) is 15.0 Å². The van der Waals surface area contributed by atoms with Crippen LogP contribution in [0.2, 0.25) is 0 Å². The van der Waals surface area contributed by atoms with Crippen molar-refractivity contribution in [2.45, 2.75) is 0 Å². The molecule has 8 aromatic carbocycles. The fourth-order valence-electron chi connectivity index (χ4n) is 7.38. The molecule has 0 amide bonds. The lowest BCUT2D eigenvalue weighted by molar-refractivity contribution is 0.588. The third kappa shape index (κ3) is 6.32. The number of hydrogen-bond donors (Lipinski definition) is 0. The number of hydrogen-bond acceptors (Lipinski definition) is 4. The van der Waals surface area contributed by atoms with Crippen molar-refractivity contribution in [3.63, 3.8) is 0 Å². The molecule has 0 unspecified atom stereocenters. The highest BCUT2D eigenvalue weighted by Crippen LogP contribution is 2.44. The Hall–Kier alpha value is -6.48. The molecular weight excluding hydrogens is 678 g/mol. The van der Waals surface area contributed by atoms with E-state index in [2.05, 4.69) is 121 Å². The fourth-order valence-corrected chi connectivity index (χ4v) is 8.27. The minimum Gasteiger partial charge on any atom is -0.319 e. The highest BCUT2D eigenvalue weighted by Gasteiger charge is 2.19. The molecule has 0 saturated heterocycles. The molecule has 54 heavy (non-hydrogen) atoms. The number of fused-ring (bicyclic) bond motifs is 2. The van der Waals surface area contributed by atoms with E-state index < -0.39 is 7.14 Å². The third-order valence-electron chi connectivity index (χ3n) is 9.99. The molecule has 0 bridgehead atoms. The fraction of sp³-hybridized carbons (Fsp3) is 0.0408. The molecule has 0 fully saturated rings. The second-order valence-corrected chi connectivity index (χ2v) is 17.2. The average molecular weight is 714 g/mol. The zero-order valence-electron chi connectivity index (χ0n) is 30.0. The minimum atomic E-state index is -2.42. The van der Waals surface area contributed by atoms with Gasteiger partial charge in [0, 0.05) is 22.0 Å². The summed E-state index contributed by atoms with van der Waals surface area (Å²) in [6.07, 6.45) is 0. The number of benzene rings is 8. The van der Waals surface area contributed by atoms with Gasteiger partial charge in [-0.05, 0) is 86.5 Å². The van der Waals surface area contributed by atoms with Crippen LogP contribution in [0, 0.1) is 0 Å². The Kier molecular flexibility index (Phi) is 8.54. The van der Waals surface area contributed by atoms with E-state index >= 15 is 0 Å². The largest absolute Gasteiger partial charge is 0.319 e. The van der Waals surface area contributed by atoms with Gasteiger partial charge >= 0.3 is 0 Å². The first kappa shape index (κ1) is 33.4. The molecule has 5 heteroatoms. The first-order valence-corrected chi connectivity index (χ1v) is 20.7. The first-order chi connectivity index (χ1) is 26.4. The van der Waals surface area contributed by atoms with Gasteiger partial charge in [-0.3, -0.25) is 0 Å². The van der Waals surface area contributed by atoms with Crippen molar-refractivity contribution in [3.8, 4) is 67.5 Å². The SMILES string of the molecule is CP(C)(=O)c1cccc(-c2cccc(-c3nc(-c4ccccc4)nc(-c4cccc(-c5c6ccccc6c(-c6ccccc6)c6ccccc56)c4)n3)c2)c1. The number of nitrogens with zero attached hydrogens (tertiary/aromatic N) is 3. The summed E-state index contributed by atoms with van der Waals surface area (Å²) >= 11 is 0. The van der Waals surface area contributed by atoms with Crippen molar-refractivity contribution in [3.05, 3.63) is 182 Å². The van der Waals surface area contributed by atoms with E-state index in [9.17, 15) is 4.57 Å². The van der Waals surface area contributed by atoms with Crippen LogP contribution in [0.1, 0.15) is 0 Å². The normalized spacial score (nSPS) is 11.6. The lowest BCUT2D eigenvalue weighted by Gasteiger charge is -2.18. The molecule has 0 N–H and O–H groups in total. The van der Waals surface area contributed by atoms with Gasteiger partial charge in [0.2, 0.25) is 0 Å². The second-order valence-electron chi connectivity index (χ2n) is 13.9. The molecule has 1 aromatic heterocycles. The smallest absolute Gasteiger partial charge is 0.164 e. The van der Waals surface area contributed by atoms with Gasteiger partial charge in [0.05, 0.1) is 0 Å². The molecule has 0 atom stereocenters. The van der Waals surface area contributed by atoms with Crippen molar-refractivity contribution in [1.29, 1.82) is 0 Å². The maximum absolute atomic E-state index is 12.9. The van der Waals surface area contributed by atoms with Crippen molar-refractivity contribution in [1.82, 2.24) is 15.0 Å². The summed E-state index contributed by atoms with van der Waals surface area (Å²) in [4.78, 5) is 15.2. The van der Waals surface area contributed by atoms with Crippen LogP contribution in [0.4, 0.5) is 0 Å². The van der Waals surface area contributed by atoms with Crippen molar-refractivity contribution < 1.29 is 4.57 Å². The monoisotopic (exact) mass is 713 g/mol. The van der Waals surface area contributed by atoms with E-state index in [0.29, 0.717) is 17.5 Å². The molecular formula is C49H36N3OP. The van der Waals surface area contributed by atoms with Crippen molar-refractivity contribution >= 4 is 34.0 Å². The van der Waals surface area contributed by atoms with Crippen LogP contribution in [0.15, 0.2) is 182 Å². The van der Waals surface area contributed by atoms with Gasteiger partial charge in [-0.2, -0.15) is 0 Å². The maximum atomic E-state index is 12.9. The Labute approximate surface area is 315 Å². The van der Waals surface area contributed by atoms with Crippen LogP contribution in [0.25, 0.3) is 89.1 Å². The van der Waals surface area contributed by atoms with Gasteiger partial charge in [-0.1, -0.05) is 164 Å². The minimum absolute atomic E-state index is 0.585. The number of aromatic nitrogens is 3. The summed E-state index contributed by atoms with van der Waals surface area (Å²) in [6, 6.07) is 62.9. The van der Waals surface area contributed by atoms with Gasteiger partial charge in [0.15, 0.2) is 17.5 Å². The highest BCUT2D eigenvalue weighted by molar-refractivity contribution is 7.70. The summed E-state index contributed by atoms with van der Waals surface area (Å²) in [5.74, 6) is 1.79. The lowest BCUT2D eigenvalue weighted by atomic mass is 9.86. The second kappa shape index (κ2) is 13.8. The van der Waals surface area contributed by atoms with E-state index in [1.54, 1.807) is 13.3 Å². The predicted molar refractivity (Wildman–Crippen MR) is 227 cm³/mol. The molecule has 0 spiro atoms. The molecule has 0 aliphatic rings. The van der Waals surface area contributed by atoms with Gasteiger partial charge in [-0.25, -0.2) is 15.0 Å². The Morgan fingerprint density at radius 1 is 0.333 bits per heavy atom. The maximum Gasteiger partial charge on any atom is 0.164 e. The van der Waals surface area contributed by atoms with Crippen LogP contribution < -0.4 is 5.30 Å². The van der Waals surface area contributed by atoms with Gasteiger partial charge in [0.1, 0.15) is 7.14 Å². The van der Waals surface area contributed by atoms with E-state index in [1.165, 1.54) is 38.2 Å². The summed E-state index contributed by atoms with van der Waals surface area (Å²) in [7, 11) is -2.42. The lowest BCUT2D eigenvalue weighted by Crippen LogP contribution is -2.02. The van der Waals surface area contributed by atoms with E-state index in [-0.39, 0.29) is 0 Å². The van der Waals surface area contributed by atoms with Crippen molar-refractivity contribution in [2.75, 3.05) is 13.3 Å². The zero-order valence-corrected chi connectivity index (χ0v) is 30.9. The summed E-state index contributed by atoms with van der Waals surface area (Å²) in [6.45, 7) is 3.61. The van der Waals surface area contributed by atoms with Crippen LogP contribution in [0.5, 0.6) is 0 Å². The summed E-state index contributed by atoms with van der Waals surface area (Å²) in [5.41, 5.74) is 9.41. The van der Waals surface area contributed by atoms with E-state index in [0.717, 1.165) is 38.7 Å². The van der Waals surface area contributed by atoms with Gasteiger partial charge < -0.3 is 4.57 Å². The molecule has 9 aromatic rings. The molecule has 0 radical (unpaired) electrons. The van der Waals surface area contributed by atoms with E-state index in [1.807, 2.05) is 60.7 Å². The molecule has 0 saturated carbocycles. The summed E-state index contributed by atoms with van der Waals surface area (Å²) < 4.78 is 12.9. The highest BCUT2D eigenvalue weighted by atomic mass is 31.2. The number of rotatable bonds is 7. The summed E-state index contributed by atoms with van der Waals surface area (Å²) in [5, 5.41) is 5.66. The predicted octanol–water partition coefficient (Wildman–Crippen LogP) is 12.4. The van der Waals surface area contributed by atoms with Gasteiger partial charge in [-0.15, -0.1) is 0 Å². The molecule has 258 valence electrons. The van der Waals surface area contributed by atoms with Gasteiger partial charge in [0.25, 0.3) is 0 Å². The molecule has 0 aliphatic heterocycles. The molecule has 0 aliphatic carbocycles. The van der Waals surface area contributed by atoms with Crippen LogP contribution in [-0.2, 0) is 4.57 Å². The Morgan fingerprint density at radius 3 is 1.20 bits per heavy atom. The van der Waals surface area contributed by atoms with Crippen molar-refractivity contribution in [2.24, 2.45) is 0 Å². The quantitative estimate of drug-likeness (QED) is 0.122. The third-order valence-corrected chi connectivity index (χ3v) is 11.5. The Bertz CT molecular complexity index is 2820. The molecule has 1 heterocycles. The topological polar surface area (TPSA) is 55.7 Å². The molecule has 9 rings (SSSR count). The van der Waals surface area contributed by atoms with Crippen LogP contribution >= 0.6 is 7.14 Å². The Morgan fingerprint density at radius 2 is 0.685 bits per heavy atom. The van der Waals surface area contributed by atoms with Crippen LogP contribution in [-0.4, -0.2) is 28.3 Å². The molecule has 4 nitrogen and oxygen atoms in total. The zero-order chi connectivity index (χ0) is 36.6. The average Bonchev–Trinajstić information content (AvgIpc) is 3.23.